The Hall–Kier alpha value is -2.10. The molecule has 1 N–H and O–H groups in total. The van der Waals surface area contributed by atoms with Crippen LogP contribution in [0.5, 0.6) is 0 Å². The summed E-state index contributed by atoms with van der Waals surface area (Å²) in [5.74, 6) is -1.40. The topological polar surface area (TPSA) is 57.6 Å². The van der Waals surface area contributed by atoms with E-state index in [0.717, 1.165) is 11.1 Å². The second-order valence-electron chi connectivity index (χ2n) is 5.41. The molecule has 1 fully saturated rings. The molecule has 0 aliphatic carbocycles. The molecule has 1 aliphatic heterocycles. The predicted molar refractivity (Wildman–Crippen MR) is 77.1 cm³/mol. The maximum absolute atomic E-state index is 12.1. The molecule has 1 aliphatic rings. The number of carbonyl (C=O) groups is 2. The summed E-state index contributed by atoms with van der Waals surface area (Å²) in [4.78, 5) is 24.7. The summed E-state index contributed by atoms with van der Waals surface area (Å²) in [5.41, 5.74) is 2.11. The molecule has 0 unspecified atom stereocenters. The van der Waals surface area contributed by atoms with Crippen LogP contribution in [0.1, 0.15) is 18.1 Å². The van der Waals surface area contributed by atoms with Gasteiger partial charge < -0.3 is 10.0 Å². The van der Waals surface area contributed by atoms with Crippen LogP contribution in [0, 0.1) is 18.8 Å². The molecule has 20 heavy (non-hydrogen) atoms. The van der Waals surface area contributed by atoms with Crippen molar-refractivity contribution < 1.29 is 14.7 Å². The molecule has 1 aromatic carbocycles. The quantitative estimate of drug-likeness (QED) is 0.859. The second-order valence-corrected chi connectivity index (χ2v) is 5.41. The van der Waals surface area contributed by atoms with Crippen molar-refractivity contribution in [2.24, 2.45) is 11.8 Å². The molecule has 1 heterocycles. The van der Waals surface area contributed by atoms with Crippen molar-refractivity contribution in [2.75, 3.05) is 13.1 Å². The number of hydrogen-bond acceptors (Lipinski definition) is 2. The van der Waals surface area contributed by atoms with Crippen molar-refractivity contribution >= 4 is 18.0 Å². The summed E-state index contributed by atoms with van der Waals surface area (Å²) in [6.07, 6.45) is 3.29. The fourth-order valence-electron chi connectivity index (χ4n) is 2.51. The van der Waals surface area contributed by atoms with E-state index in [4.69, 9.17) is 5.11 Å². The lowest BCUT2D eigenvalue weighted by Crippen LogP contribution is -2.28. The monoisotopic (exact) mass is 273 g/mol. The van der Waals surface area contributed by atoms with Crippen molar-refractivity contribution in [3.05, 3.63) is 41.5 Å². The Labute approximate surface area is 118 Å². The maximum atomic E-state index is 12.1. The van der Waals surface area contributed by atoms with E-state index in [1.807, 2.05) is 38.1 Å². The molecule has 106 valence electrons. The van der Waals surface area contributed by atoms with Crippen LogP contribution in [0.3, 0.4) is 0 Å². The third kappa shape index (κ3) is 3.26. The largest absolute Gasteiger partial charge is 0.481 e. The molecule has 4 heteroatoms. The molecule has 2 atom stereocenters. The summed E-state index contributed by atoms with van der Waals surface area (Å²) in [6, 6.07) is 7.87. The van der Waals surface area contributed by atoms with Crippen LogP contribution < -0.4 is 0 Å². The highest BCUT2D eigenvalue weighted by Crippen LogP contribution is 2.23. The van der Waals surface area contributed by atoms with Gasteiger partial charge in [-0.25, -0.2) is 0 Å². The molecule has 0 radical (unpaired) electrons. The molecule has 2 rings (SSSR count). The second kappa shape index (κ2) is 5.90. The van der Waals surface area contributed by atoms with Gasteiger partial charge in [-0.2, -0.15) is 0 Å². The third-order valence-corrected chi connectivity index (χ3v) is 3.70. The molecule has 0 saturated carbocycles. The van der Waals surface area contributed by atoms with Gasteiger partial charge in [-0.1, -0.05) is 36.8 Å². The summed E-state index contributed by atoms with van der Waals surface area (Å²) in [7, 11) is 0. The van der Waals surface area contributed by atoms with Crippen molar-refractivity contribution in [1.82, 2.24) is 4.90 Å². The normalized spacial score (nSPS) is 22.4. The van der Waals surface area contributed by atoms with Gasteiger partial charge in [0.1, 0.15) is 0 Å². The molecule has 0 aromatic heterocycles. The highest BCUT2D eigenvalue weighted by atomic mass is 16.4. The number of benzene rings is 1. The summed E-state index contributed by atoms with van der Waals surface area (Å²) >= 11 is 0. The molecule has 1 saturated heterocycles. The Balaban J connectivity index is 2.01. The first-order chi connectivity index (χ1) is 9.47. The van der Waals surface area contributed by atoms with E-state index in [1.165, 1.54) is 6.08 Å². The van der Waals surface area contributed by atoms with Gasteiger partial charge in [0, 0.05) is 19.2 Å². The van der Waals surface area contributed by atoms with E-state index < -0.39 is 11.9 Å². The van der Waals surface area contributed by atoms with Gasteiger partial charge in [0.15, 0.2) is 0 Å². The lowest BCUT2D eigenvalue weighted by Gasteiger charge is -2.12. The zero-order valence-corrected chi connectivity index (χ0v) is 11.7. The van der Waals surface area contributed by atoms with Crippen molar-refractivity contribution in [1.29, 1.82) is 0 Å². The minimum Gasteiger partial charge on any atom is -0.481 e. The molecule has 1 aromatic rings. The number of hydrogen-bond donors (Lipinski definition) is 1. The zero-order valence-electron chi connectivity index (χ0n) is 11.7. The highest BCUT2D eigenvalue weighted by Gasteiger charge is 2.36. The number of carboxylic acid groups (broad SMARTS) is 1. The fourth-order valence-corrected chi connectivity index (χ4v) is 2.51. The summed E-state index contributed by atoms with van der Waals surface area (Å²) in [5, 5.41) is 9.07. The first-order valence-electron chi connectivity index (χ1n) is 6.74. The average molecular weight is 273 g/mol. The number of likely N-dealkylation sites (tertiary alicyclic amines) is 1. The fraction of sp³-hybridized carbons (Fsp3) is 0.375. The van der Waals surface area contributed by atoms with Crippen molar-refractivity contribution in [2.45, 2.75) is 13.8 Å². The summed E-state index contributed by atoms with van der Waals surface area (Å²) < 4.78 is 0. The van der Waals surface area contributed by atoms with Gasteiger partial charge in [0.05, 0.1) is 5.92 Å². The van der Waals surface area contributed by atoms with Crippen LogP contribution in [-0.4, -0.2) is 35.0 Å². The lowest BCUT2D eigenvalue weighted by molar-refractivity contribution is -0.142. The van der Waals surface area contributed by atoms with E-state index in [2.05, 4.69) is 0 Å². The number of amides is 1. The molecule has 4 nitrogen and oxygen atoms in total. The van der Waals surface area contributed by atoms with Crippen LogP contribution in [-0.2, 0) is 9.59 Å². The standard InChI is InChI=1S/C16H19NO3/c1-11-4-3-5-13(8-11)6-7-15(18)17-9-12(2)14(10-17)16(19)20/h3-8,12,14H,9-10H2,1-2H3,(H,19,20)/b7-6+/t12-,14-/m1/s1. The number of carboxylic acids is 1. The van der Waals surface area contributed by atoms with E-state index in [1.54, 1.807) is 11.0 Å². The van der Waals surface area contributed by atoms with Crippen molar-refractivity contribution in [3.63, 3.8) is 0 Å². The van der Waals surface area contributed by atoms with E-state index in [0.29, 0.717) is 13.1 Å². The van der Waals surface area contributed by atoms with Gasteiger partial charge in [0.25, 0.3) is 0 Å². The molecule has 0 spiro atoms. The van der Waals surface area contributed by atoms with E-state index >= 15 is 0 Å². The Morgan fingerprint density at radius 1 is 1.35 bits per heavy atom. The van der Waals surface area contributed by atoms with Gasteiger partial charge in [0.2, 0.25) is 5.91 Å². The summed E-state index contributed by atoms with van der Waals surface area (Å²) in [6.45, 7) is 4.68. The highest BCUT2D eigenvalue weighted by molar-refractivity contribution is 5.92. The smallest absolute Gasteiger partial charge is 0.308 e. The maximum Gasteiger partial charge on any atom is 0.308 e. The Morgan fingerprint density at radius 3 is 2.70 bits per heavy atom. The Kier molecular flexibility index (Phi) is 4.23. The van der Waals surface area contributed by atoms with Gasteiger partial charge in [-0.3, -0.25) is 9.59 Å². The van der Waals surface area contributed by atoms with E-state index in [9.17, 15) is 9.59 Å². The van der Waals surface area contributed by atoms with Crippen LogP contribution in [0.15, 0.2) is 30.3 Å². The zero-order chi connectivity index (χ0) is 14.7. The SMILES string of the molecule is Cc1cccc(/C=C/C(=O)N2C[C@@H](C)[C@H](C(=O)O)C2)c1. The minimum atomic E-state index is -0.824. The van der Waals surface area contributed by atoms with Crippen LogP contribution in [0.25, 0.3) is 6.08 Å². The molecule has 0 bridgehead atoms. The Morgan fingerprint density at radius 2 is 2.10 bits per heavy atom. The van der Waals surface area contributed by atoms with Gasteiger partial charge in [-0.15, -0.1) is 0 Å². The van der Waals surface area contributed by atoms with Crippen LogP contribution >= 0.6 is 0 Å². The molecular formula is C16H19NO3. The van der Waals surface area contributed by atoms with Crippen LogP contribution in [0.4, 0.5) is 0 Å². The number of aliphatic carboxylic acids is 1. The van der Waals surface area contributed by atoms with Gasteiger partial charge >= 0.3 is 5.97 Å². The lowest BCUT2D eigenvalue weighted by atomic mass is 9.99. The first kappa shape index (κ1) is 14.3. The van der Waals surface area contributed by atoms with E-state index in [-0.39, 0.29) is 11.8 Å². The predicted octanol–water partition coefficient (Wildman–Crippen LogP) is 2.19. The molecular weight excluding hydrogens is 254 g/mol. The number of rotatable bonds is 3. The first-order valence-corrected chi connectivity index (χ1v) is 6.74. The van der Waals surface area contributed by atoms with Crippen molar-refractivity contribution in [3.8, 4) is 0 Å². The number of carbonyl (C=O) groups excluding carboxylic acids is 1. The molecule has 1 amide bonds. The van der Waals surface area contributed by atoms with Crippen LogP contribution in [0.2, 0.25) is 0 Å². The minimum absolute atomic E-state index is 0.00354. The average Bonchev–Trinajstić information content (AvgIpc) is 2.78. The number of nitrogens with zero attached hydrogens (tertiary/aromatic N) is 1. The Bertz CT molecular complexity index is 550. The number of aryl methyl sites for hydroxylation is 1. The third-order valence-electron chi connectivity index (χ3n) is 3.70. The van der Waals surface area contributed by atoms with Gasteiger partial charge in [-0.05, 0) is 24.5 Å².